The van der Waals surface area contributed by atoms with Gasteiger partial charge in [-0.2, -0.15) is 0 Å². The molecule has 0 spiro atoms. The van der Waals surface area contributed by atoms with Gasteiger partial charge >= 0.3 is 0 Å². The van der Waals surface area contributed by atoms with Crippen LogP contribution in [0.25, 0.3) is 0 Å². The van der Waals surface area contributed by atoms with Crippen molar-refractivity contribution in [2.75, 3.05) is 24.2 Å². The summed E-state index contributed by atoms with van der Waals surface area (Å²) < 4.78 is 0. The highest BCUT2D eigenvalue weighted by molar-refractivity contribution is 8.04. The summed E-state index contributed by atoms with van der Waals surface area (Å²) in [7, 11) is -1.40. The van der Waals surface area contributed by atoms with Gasteiger partial charge in [0.2, 0.25) is 0 Å². The Hall–Kier alpha value is -1.71. The second-order valence-corrected chi connectivity index (χ2v) is 12.6. The van der Waals surface area contributed by atoms with E-state index in [2.05, 4.69) is 109 Å². The van der Waals surface area contributed by atoms with E-state index in [1.54, 1.807) is 11.8 Å². The highest BCUT2D eigenvalue weighted by Crippen LogP contribution is 2.59. The molecule has 0 saturated carbocycles. The highest BCUT2D eigenvalue weighted by atomic mass is 35.5. The van der Waals surface area contributed by atoms with Crippen LogP contribution < -0.4 is 12.4 Å². The fourth-order valence-electron chi connectivity index (χ4n) is 3.67. The van der Waals surface area contributed by atoms with Crippen molar-refractivity contribution in [3.05, 3.63) is 108 Å². The molecule has 0 amide bonds. The third-order valence-corrected chi connectivity index (χ3v) is 10.0. The van der Waals surface area contributed by atoms with Crippen LogP contribution in [0.15, 0.2) is 91.0 Å². The molecule has 3 aromatic rings. The van der Waals surface area contributed by atoms with Crippen molar-refractivity contribution in [3.63, 3.8) is 0 Å². The summed E-state index contributed by atoms with van der Waals surface area (Å²) >= 11 is 1.77. The van der Waals surface area contributed by atoms with Gasteiger partial charge in [-0.1, -0.05) is 110 Å². The lowest BCUT2D eigenvalue weighted by atomic mass is 10.2. The second-order valence-electron chi connectivity index (χ2n) is 7.67. The smallest absolute Gasteiger partial charge is 0.0940 e. The molecule has 3 heteroatoms. The van der Waals surface area contributed by atoms with E-state index in [0.29, 0.717) is 0 Å². The number of halogens is 1. The van der Waals surface area contributed by atoms with Crippen LogP contribution in [0.2, 0.25) is 0 Å². The van der Waals surface area contributed by atoms with Gasteiger partial charge in [0.1, 0.15) is 0 Å². The standard InChI is InChI=1S/C28H32PS.ClH/c1-2-30-25-24-29(21-18-26-12-6-3-7-13-26,22-19-27-14-8-4-9-15-27)23-20-28-16-10-5-11-17-28;/h3-17H,2,18-23H2,1H3;1H/q+1;/p-1. The molecular weight excluding hydrogens is 435 g/mol. The van der Waals surface area contributed by atoms with Gasteiger partial charge in [-0.05, 0) is 16.7 Å². The Labute approximate surface area is 200 Å². The fourth-order valence-corrected chi connectivity index (χ4v) is 7.91. The van der Waals surface area contributed by atoms with E-state index in [1.165, 1.54) is 35.2 Å². The number of aryl methyl sites for hydroxylation is 3. The van der Waals surface area contributed by atoms with Gasteiger partial charge in [0.05, 0.1) is 31.4 Å². The molecule has 162 valence electrons. The SMILES string of the molecule is CCSC#C[P+](CCc1ccccc1)(CCc1ccccc1)CCc1ccccc1.[Cl-]. The molecule has 0 aromatic heterocycles. The first-order chi connectivity index (χ1) is 14.8. The zero-order chi connectivity index (χ0) is 20.9. The summed E-state index contributed by atoms with van der Waals surface area (Å²) in [4.78, 5) is 0. The van der Waals surface area contributed by atoms with Gasteiger partial charge in [0, 0.05) is 30.3 Å². The monoisotopic (exact) mass is 466 g/mol. The first-order valence-electron chi connectivity index (χ1n) is 10.9. The molecule has 0 radical (unpaired) electrons. The van der Waals surface area contributed by atoms with E-state index in [-0.39, 0.29) is 12.4 Å². The molecule has 0 aliphatic rings. The molecule has 31 heavy (non-hydrogen) atoms. The minimum absolute atomic E-state index is 0. The summed E-state index contributed by atoms with van der Waals surface area (Å²) in [5, 5.41) is 3.50. The maximum atomic E-state index is 3.87. The molecule has 0 atom stereocenters. The topological polar surface area (TPSA) is 0 Å². The molecule has 3 aromatic carbocycles. The zero-order valence-corrected chi connectivity index (χ0v) is 20.8. The number of benzene rings is 3. The third-order valence-electron chi connectivity index (χ3n) is 5.51. The maximum Gasteiger partial charge on any atom is 0.0940 e. The van der Waals surface area contributed by atoms with Gasteiger partial charge in [-0.25, -0.2) is 0 Å². The number of thioether (sulfide) groups is 1. The van der Waals surface area contributed by atoms with Crippen molar-refractivity contribution >= 4 is 19.0 Å². The van der Waals surface area contributed by atoms with Crippen LogP contribution in [-0.4, -0.2) is 24.2 Å². The molecule has 0 unspecified atom stereocenters. The Morgan fingerprint density at radius 2 is 0.968 bits per heavy atom. The maximum absolute atomic E-state index is 3.87. The molecular formula is C28H32ClPS. The van der Waals surface area contributed by atoms with E-state index in [4.69, 9.17) is 0 Å². The van der Waals surface area contributed by atoms with Gasteiger partial charge < -0.3 is 12.4 Å². The van der Waals surface area contributed by atoms with Crippen molar-refractivity contribution < 1.29 is 12.4 Å². The molecule has 0 aliphatic heterocycles. The first kappa shape index (κ1) is 25.5. The van der Waals surface area contributed by atoms with Gasteiger partial charge in [0.25, 0.3) is 0 Å². The molecule has 0 nitrogen and oxygen atoms in total. The summed E-state index contributed by atoms with van der Waals surface area (Å²) in [5.74, 6) is 1.06. The van der Waals surface area contributed by atoms with Gasteiger partial charge in [0.15, 0.2) is 0 Å². The van der Waals surface area contributed by atoms with E-state index >= 15 is 0 Å². The fraction of sp³-hybridized carbons (Fsp3) is 0.286. The minimum Gasteiger partial charge on any atom is -1.00 e. The number of hydrogen-bond donors (Lipinski definition) is 0. The van der Waals surface area contributed by atoms with Crippen molar-refractivity contribution in [3.8, 4) is 10.9 Å². The van der Waals surface area contributed by atoms with Crippen molar-refractivity contribution in [2.24, 2.45) is 0 Å². The van der Waals surface area contributed by atoms with Crippen LogP contribution >= 0.6 is 19.0 Å². The highest BCUT2D eigenvalue weighted by Gasteiger charge is 2.35. The Morgan fingerprint density at radius 1 is 0.613 bits per heavy atom. The molecule has 0 heterocycles. The van der Waals surface area contributed by atoms with Crippen molar-refractivity contribution in [1.82, 2.24) is 0 Å². The Balaban J connectivity index is 0.00000341. The minimum atomic E-state index is -1.40. The average Bonchev–Trinajstić information content (AvgIpc) is 2.82. The molecule has 3 rings (SSSR count). The lowest BCUT2D eigenvalue weighted by molar-refractivity contribution is -0.00000602. The molecule has 0 fully saturated rings. The average molecular weight is 467 g/mol. The van der Waals surface area contributed by atoms with Crippen LogP contribution in [0.3, 0.4) is 0 Å². The van der Waals surface area contributed by atoms with Crippen LogP contribution in [0, 0.1) is 10.9 Å². The largest absolute Gasteiger partial charge is 1.00 e. The van der Waals surface area contributed by atoms with Crippen molar-refractivity contribution in [2.45, 2.75) is 26.2 Å². The van der Waals surface area contributed by atoms with Crippen LogP contribution in [0.4, 0.5) is 0 Å². The van der Waals surface area contributed by atoms with Crippen molar-refractivity contribution in [1.29, 1.82) is 0 Å². The van der Waals surface area contributed by atoms with E-state index in [1.807, 2.05) is 0 Å². The van der Waals surface area contributed by atoms with Gasteiger partial charge in [-0.15, -0.1) is 0 Å². The molecule has 0 aliphatic carbocycles. The lowest BCUT2D eigenvalue weighted by Crippen LogP contribution is -3.00. The molecule has 0 N–H and O–H groups in total. The van der Waals surface area contributed by atoms with Crippen LogP contribution in [0.5, 0.6) is 0 Å². The van der Waals surface area contributed by atoms with E-state index in [0.717, 1.165) is 25.0 Å². The summed E-state index contributed by atoms with van der Waals surface area (Å²) in [6, 6.07) is 32.8. The predicted molar refractivity (Wildman–Crippen MR) is 138 cm³/mol. The summed E-state index contributed by atoms with van der Waals surface area (Å²) in [6.45, 7) is 2.19. The Bertz CT molecular complexity index is 811. The number of rotatable bonds is 10. The van der Waals surface area contributed by atoms with Gasteiger partial charge in [-0.3, -0.25) is 0 Å². The lowest BCUT2D eigenvalue weighted by Gasteiger charge is -2.22. The molecule has 0 bridgehead atoms. The molecule has 0 saturated heterocycles. The summed E-state index contributed by atoms with van der Waals surface area (Å²) in [6.07, 6.45) is 7.03. The zero-order valence-electron chi connectivity index (χ0n) is 18.3. The Morgan fingerprint density at radius 3 is 1.29 bits per heavy atom. The predicted octanol–water partition coefficient (Wildman–Crippen LogP) is 4.41. The normalized spacial score (nSPS) is 10.6. The first-order valence-corrected chi connectivity index (χ1v) is 14.2. The quantitative estimate of drug-likeness (QED) is 0.315. The van der Waals surface area contributed by atoms with Crippen LogP contribution in [-0.2, 0) is 19.3 Å². The van der Waals surface area contributed by atoms with E-state index in [9.17, 15) is 0 Å². The number of hydrogen-bond acceptors (Lipinski definition) is 1. The summed E-state index contributed by atoms with van der Waals surface area (Å²) in [5.41, 5.74) is 8.18. The van der Waals surface area contributed by atoms with Crippen LogP contribution in [0.1, 0.15) is 23.6 Å². The Kier molecular flexibility index (Phi) is 11.8. The third kappa shape index (κ3) is 9.13. The van der Waals surface area contributed by atoms with E-state index < -0.39 is 7.26 Å². The second kappa shape index (κ2) is 14.4.